The summed E-state index contributed by atoms with van der Waals surface area (Å²) in [5.41, 5.74) is 9.45. The first-order valence-electron chi connectivity index (χ1n) is 17.0. The van der Waals surface area contributed by atoms with Crippen LogP contribution in [0.2, 0.25) is 0 Å². The highest BCUT2D eigenvalue weighted by Crippen LogP contribution is 2.46. The summed E-state index contributed by atoms with van der Waals surface area (Å²) in [4.78, 5) is 20.3. The van der Waals surface area contributed by atoms with E-state index in [9.17, 15) is 0 Å². The Morgan fingerprint density at radius 3 is 1.55 bits per heavy atom. The molecular weight excluding hydrogens is 625 g/mol. The molecule has 0 saturated heterocycles. The number of benzene rings is 7. The maximum Gasteiger partial charge on any atom is 0.164 e. The Labute approximate surface area is 293 Å². The van der Waals surface area contributed by atoms with E-state index in [2.05, 4.69) is 91.0 Å². The SMILES string of the molecule is c1ccc(-c2nc(-c3ccccc3)nc(-c3cccc(-c4c5c(cc6c(-c7ccccc7)nc7ccccc7c46)oc4ccccc45)c3)n2)cc1. The van der Waals surface area contributed by atoms with Gasteiger partial charge in [-0.15, -0.1) is 0 Å². The number of para-hydroxylation sites is 2. The molecule has 0 spiro atoms. The van der Waals surface area contributed by atoms with Gasteiger partial charge in [0, 0.05) is 54.7 Å². The fourth-order valence-electron chi connectivity index (χ4n) is 7.17. The van der Waals surface area contributed by atoms with Gasteiger partial charge in [0.05, 0.1) is 11.2 Å². The summed E-state index contributed by atoms with van der Waals surface area (Å²) in [6, 6.07) is 57.9. The Kier molecular flexibility index (Phi) is 6.74. The largest absolute Gasteiger partial charge is 0.456 e. The van der Waals surface area contributed by atoms with Gasteiger partial charge in [-0.05, 0) is 29.8 Å². The van der Waals surface area contributed by atoms with Gasteiger partial charge in [0.2, 0.25) is 0 Å². The van der Waals surface area contributed by atoms with Crippen LogP contribution in [0.1, 0.15) is 0 Å². The lowest BCUT2D eigenvalue weighted by atomic mass is 9.89. The molecule has 10 aromatic rings. The van der Waals surface area contributed by atoms with Crippen molar-refractivity contribution in [3.63, 3.8) is 0 Å². The summed E-state index contributed by atoms with van der Waals surface area (Å²) in [6.45, 7) is 0. The number of pyridine rings is 1. The second kappa shape index (κ2) is 11.9. The van der Waals surface area contributed by atoms with Gasteiger partial charge in [-0.2, -0.15) is 0 Å². The normalized spacial score (nSPS) is 11.5. The van der Waals surface area contributed by atoms with Crippen molar-refractivity contribution in [2.24, 2.45) is 0 Å². The van der Waals surface area contributed by atoms with Gasteiger partial charge in [-0.25, -0.2) is 19.9 Å². The van der Waals surface area contributed by atoms with Crippen molar-refractivity contribution in [1.82, 2.24) is 19.9 Å². The molecule has 0 bridgehead atoms. The molecule has 0 aliphatic heterocycles. The van der Waals surface area contributed by atoms with Gasteiger partial charge in [-0.3, -0.25) is 0 Å². The maximum atomic E-state index is 6.61. The highest BCUT2D eigenvalue weighted by Gasteiger charge is 2.22. The van der Waals surface area contributed by atoms with Gasteiger partial charge < -0.3 is 4.42 Å². The van der Waals surface area contributed by atoms with Gasteiger partial charge in [0.1, 0.15) is 11.2 Å². The molecular formula is C46H28N4O. The number of nitrogens with zero attached hydrogens (tertiary/aromatic N) is 4. The standard InChI is InChI=1S/C46H28N4O/c1-4-15-29(16-5-1)43-36-28-39-42(35-24-11-13-26-38(35)51-39)40(41(36)34-23-10-12-25-37(34)47-43)32-21-14-22-33(27-32)46-49-44(30-17-6-2-7-18-30)48-45(50-46)31-19-8-3-9-20-31/h1-28H. The molecule has 238 valence electrons. The Balaban J connectivity index is 1.29. The molecule has 5 nitrogen and oxygen atoms in total. The molecule has 0 fully saturated rings. The zero-order valence-corrected chi connectivity index (χ0v) is 27.4. The fourth-order valence-corrected chi connectivity index (χ4v) is 7.17. The zero-order chi connectivity index (χ0) is 33.7. The third-order valence-electron chi connectivity index (χ3n) is 9.48. The van der Waals surface area contributed by atoms with Crippen LogP contribution < -0.4 is 0 Å². The summed E-state index contributed by atoms with van der Waals surface area (Å²) in [5, 5.41) is 5.37. The lowest BCUT2D eigenvalue weighted by Gasteiger charge is -2.16. The maximum absolute atomic E-state index is 6.61. The number of hydrogen-bond donors (Lipinski definition) is 0. The third-order valence-corrected chi connectivity index (χ3v) is 9.48. The van der Waals surface area contributed by atoms with Gasteiger partial charge in [0.25, 0.3) is 0 Å². The average Bonchev–Trinajstić information content (AvgIpc) is 3.59. The van der Waals surface area contributed by atoms with Crippen molar-refractivity contribution in [2.45, 2.75) is 0 Å². The summed E-state index contributed by atoms with van der Waals surface area (Å²) in [6.07, 6.45) is 0. The predicted molar refractivity (Wildman–Crippen MR) is 207 cm³/mol. The molecule has 0 N–H and O–H groups in total. The smallest absolute Gasteiger partial charge is 0.164 e. The molecule has 5 heteroatoms. The summed E-state index contributed by atoms with van der Waals surface area (Å²) >= 11 is 0. The van der Waals surface area contributed by atoms with Gasteiger partial charge >= 0.3 is 0 Å². The summed E-state index contributed by atoms with van der Waals surface area (Å²) in [5.74, 6) is 1.86. The monoisotopic (exact) mass is 652 g/mol. The third kappa shape index (κ3) is 4.94. The van der Waals surface area contributed by atoms with E-state index in [0.717, 1.165) is 82.7 Å². The molecule has 0 aliphatic rings. The van der Waals surface area contributed by atoms with Crippen LogP contribution in [0.15, 0.2) is 174 Å². The van der Waals surface area contributed by atoms with Crippen LogP contribution >= 0.6 is 0 Å². The molecule has 0 unspecified atom stereocenters. The molecule has 0 atom stereocenters. The number of aromatic nitrogens is 4. The predicted octanol–water partition coefficient (Wildman–Crippen LogP) is 11.8. The van der Waals surface area contributed by atoms with Crippen molar-refractivity contribution in [2.75, 3.05) is 0 Å². The second-order valence-electron chi connectivity index (χ2n) is 12.6. The minimum Gasteiger partial charge on any atom is -0.456 e. The van der Waals surface area contributed by atoms with E-state index < -0.39 is 0 Å². The van der Waals surface area contributed by atoms with Crippen LogP contribution in [-0.2, 0) is 0 Å². The minimum atomic E-state index is 0.606. The lowest BCUT2D eigenvalue weighted by Crippen LogP contribution is -2.00. The first kappa shape index (κ1) is 29.0. The molecule has 3 aromatic heterocycles. The fraction of sp³-hybridized carbons (Fsp3) is 0. The molecule has 3 heterocycles. The van der Waals surface area contributed by atoms with E-state index >= 15 is 0 Å². The molecule has 51 heavy (non-hydrogen) atoms. The molecule has 7 aromatic carbocycles. The van der Waals surface area contributed by atoms with Crippen LogP contribution in [0.25, 0.3) is 100 Å². The van der Waals surface area contributed by atoms with Crippen molar-refractivity contribution in [3.8, 4) is 56.5 Å². The molecule has 0 saturated carbocycles. The Bertz CT molecular complexity index is 2840. The first-order valence-corrected chi connectivity index (χ1v) is 17.0. The van der Waals surface area contributed by atoms with Crippen LogP contribution in [0.3, 0.4) is 0 Å². The van der Waals surface area contributed by atoms with Crippen molar-refractivity contribution in [3.05, 3.63) is 170 Å². The van der Waals surface area contributed by atoms with E-state index in [1.807, 2.05) is 78.9 Å². The second-order valence-corrected chi connectivity index (χ2v) is 12.6. The Hall–Kier alpha value is -6.98. The number of fused-ring (bicyclic) bond motifs is 6. The summed E-state index contributed by atoms with van der Waals surface area (Å²) < 4.78 is 6.61. The molecule has 0 amide bonds. The Morgan fingerprint density at radius 1 is 0.333 bits per heavy atom. The number of hydrogen-bond acceptors (Lipinski definition) is 5. The Morgan fingerprint density at radius 2 is 0.863 bits per heavy atom. The van der Waals surface area contributed by atoms with Crippen molar-refractivity contribution >= 4 is 43.6 Å². The molecule has 0 aliphatic carbocycles. The van der Waals surface area contributed by atoms with E-state index in [1.54, 1.807) is 0 Å². The highest BCUT2D eigenvalue weighted by atomic mass is 16.3. The zero-order valence-electron chi connectivity index (χ0n) is 27.4. The van der Waals surface area contributed by atoms with E-state index in [1.165, 1.54) is 0 Å². The molecule has 0 radical (unpaired) electrons. The minimum absolute atomic E-state index is 0.606. The number of rotatable bonds is 5. The van der Waals surface area contributed by atoms with Crippen LogP contribution in [0, 0.1) is 0 Å². The van der Waals surface area contributed by atoms with Crippen LogP contribution in [0.4, 0.5) is 0 Å². The topological polar surface area (TPSA) is 64.7 Å². The van der Waals surface area contributed by atoms with Crippen molar-refractivity contribution in [1.29, 1.82) is 0 Å². The molecule has 10 rings (SSSR count). The van der Waals surface area contributed by atoms with Crippen molar-refractivity contribution < 1.29 is 4.42 Å². The van der Waals surface area contributed by atoms with Gasteiger partial charge in [-0.1, -0.05) is 146 Å². The van der Waals surface area contributed by atoms with E-state index in [-0.39, 0.29) is 0 Å². The summed E-state index contributed by atoms with van der Waals surface area (Å²) in [7, 11) is 0. The number of furan rings is 1. The van der Waals surface area contributed by atoms with E-state index in [4.69, 9.17) is 24.4 Å². The van der Waals surface area contributed by atoms with Gasteiger partial charge in [0.15, 0.2) is 17.5 Å². The van der Waals surface area contributed by atoms with Crippen LogP contribution in [-0.4, -0.2) is 19.9 Å². The average molecular weight is 653 g/mol. The van der Waals surface area contributed by atoms with Crippen LogP contribution in [0.5, 0.6) is 0 Å². The van der Waals surface area contributed by atoms with E-state index in [0.29, 0.717) is 17.5 Å². The quantitative estimate of drug-likeness (QED) is 0.173. The highest BCUT2D eigenvalue weighted by molar-refractivity contribution is 6.27. The first-order chi connectivity index (χ1) is 25.3. The lowest BCUT2D eigenvalue weighted by molar-refractivity contribution is 0.669.